The molecule has 1 aliphatic heterocycles. The number of para-hydroxylation sites is 1. The highest BCUT2D eigenvalue weighted by Gasteiger charge is 2.41. The van der Waals surface area contributed by atoms with Crippen molar-refractivity contribution in [2.75, 3.05) is 20.1 Å². The summed E-state index contributed by atoms with van der Waals surface area (Å²) in [5, 5.41) is 4.75. The average molecular weight is 322 g/mol. The molecular weight excluding hydrogens is 296 g/mol. The molecule has 0 bridgehead atoms. The molecule has 2 aliphatic rings. The molecule has 4 nitrogen and oxygen atoms in total. The Morgan fingerprint density at radius 2 is 2.04 bits per heavy atom. The second kappa shape index (κ2) is 6.42. The SMILES string of the molecule is CN=C(NCc1cccc2cccnc12)N1CCC2(CCCC2)C1. The van der Waals surface area contributed by atoms with Crippen LogP contribution in [0, 0.1) is 5.41 Å². The molecule has 24 heavy (non-hydrogen) atoms. The highest BCUT2D eigenvalue weighted by Crippen LogP contribution is 2.45. The third-order valence-electron chi connectivity index (χ3n) is 5.77. The second-order valence-electron chi connectivity index (χ2n) is 7.27. The number of likely N-dealkylation sites (tertiary alicyclic amines) is 1. The average Bonchev–Trinajstić information content (AvgIpc) is 3.26. The van der Waals surface area contributed by atoms with Gasteiger partial charge in [0.2, 0.25) is 0 Å². The number of hydrogen-bond acceptors (Lipinski definition) is 2. The number of pyridine rings is 1. The Kier molecular flexibility index (Phi) is 4.13. The van der Waals surface area contributed by atoms with Gasteiger partial charge < -0.3 is 10.2 Å². The van der Waals surface area contributed by atoms with Crippen molar-refractivity contribution in [1.29, 1.82) is 0 Å². The molecule has 1 saturated heterocycles. The van der Waals surface area contributed by atoms with Crippen molar-refractivity contribution in [3.8, 4) is 0 Å². The summed E-state index contributed by atoms with van der Waals surface area (Å²) in [5.41, 5.74) is 2.87. The van der Waals surface area contributed by atoms with Crippen LogP contribution in [0.2, 0.25) is 0 Å². The standard InChI is InChI=1S/C20H26N4/c1-21-19(24-13-11-20(15-24)9-2-3-10-20)23-14-17-7-4-6-16-8-5-12-22-18(16)17/h4-8,12H,2-3,9-11,13-15H2,1H3,(H,21,23). The third-order valence-corrected chi connectivity index (χ3v) is 5.77. The lowest BCUT2D eigenvalue weighted by Gasteiger charge is -2.26. The van der Waals surface area contributed by atoms with E-state index in [2.05, 4.69) is 44.5 Å². The van der Waals surface area contributed by atoms with E-state index in [9.17, 15) is 0 Å². The van der Waals surface area contributed by atoms with Crippen LogP contribution in [-0.4, -0.2) is 36.0 Å². The van der Waals surface area contributed by atoms with Gasteiger partial charge in [-0.15, -0.1) is 0 Å². The molecule has 1 aromatic heterocycles. The number of nitrogens with zero attached hydrogens (tertiary/aromatic N) is 3. The van der Waals surface area contributed by atoms with E-state index < -0.39 is 0 Å². The topological polar surface area (TPSA) is 40.5 Å². The summed E-state index contributed by atoms with van der Waals surface area (Å²) >= 11 is 0. The normalized spacial score (nSPS) is 20.2. The molecule has 1 N–H and O–H groups in total. The number of benzene rings is 1. The van der Waals surface area contributed by atoms with Crippen molar-refractivity contribution in [3.63, 3.8) is 0 Å². The summed E-state index contributed by atoms with van der Waals surface area (Å²) in [4.78, 5) is 11.5. The van der Waals surface area contributed by atoms with Gasteiger partial charge in [-0.3, -0.25) is 9.98 Å². The van der Waals surface area contributed by atoms with Crippen LogP contribution >= 0.6 is 0 Å². The maximum absolute atomic E-state index is 4.55. The molecule has 4 rings (SSSR count). The molecule has 2 aromatic rings. The number of aromatic nitrogens is 1. The van der Waals surface area contributed by atoms with E-state index in [0.717, 1.165) is 24.6 Å². The summed E-state index contributed by atoms with van der Waals surface area (Å²) in [6.07, 6.45) is 8.79. The van der Waals surface area contributed by atoms with Crippen LogP contribution in [-0.2, 0) is 6.54 Å². The van der Waals surface area contributed by atoms with E-state index in [1.807, 2.05) is 19.3 Å². The smallest absolute Gasteiger partial charge is 0.193 e. The van der Waals surface area contributed by atoms with Crippen molar-refractivity contribution >= 4 is 16.9 Å². The van der Waals surface area contributed by atoms with E-state index in [4.69, 9.17) is 0 Å². The van der Waals surface area contributed by atoms with Crippen molar-refractivity contribution < 1.29 is 0 Å². The van der Waals surface area contributed by atoms with Gasteiger partial charge in [-0.05, 0) is 36.3 Å². The lowest BCUT2D eigenvalue weighted by Crippen LogP contribution is -2.40. The van der Waals surface area contributed by atoms with Crippen LogP contribution in [0.15, 0.2) is 41.5 Å². The summed E-state index contributed by atoms with van der Waals surface area (Å²) in [7, 11) is 1.89. The van der Waals surface area contributed by atoms with Gasteiger partial charge >= 0.3 is 0 Å². The third kappa shape index (κ3) is 2.85. The maximum Gasteiger partial charge on any atom is 0.193 e. The molecule has 0 radical (unpaired) electrons. The predicted molar refractivity (Wildman–Crippen MR) is 99.0 cm³/mol. The fourth-order valence-corrected chi connectivity index (χ4v) is 4.47. The zero-order chi connectivity index (χ0) is 16.4. The Morgan fingerprint density at radius 1 is 1.21 bits per heavy atom. The molecule has 0 amide bonds. The van der Waals surface area contributed by atoms with E-state index in [1.54, 1.807) is 0 Å². The number of aliphatic imine (C=N–C) groups is 1. The van der Waals surface area contributed by atoms with Gasteiger partial charge in [0.05, 0.1) is 5.52 Å². The Balaban J connectivity index is 1.46. The zero-order valence-corrected chi connectivity index (χ0v) is 14.5. The Morgan fingerprint density at radius 3 is 2.88 bits per heavy atom. The quantitative estimate of drug-likeness (QED) is 0.679. The van der Waals surface area contributed by atoms with Gasteiger partial charge in [0, 0.05) is 38.3 Å². The zero-order valence-electron chi connectivity index (χ0n) is 14.5. The first-order valence-electron chi connectivity index (χ1n) is 9.08. The van der Waals surface area contributed by atoms with Gasteiger partial charge in [0.25, 0.3) is 0 Å². The minimum atomic E-state index is 0.568. The number of rotatable bonds is 2. The Hall–Kier alpha value is -2.10. The summed E-state index contributed by atoms with van der Waals surface area (Å²) in [5.74, 6) is 1.03. The van der Waals surface area contributed by atoms with E-state index in [-0.39, 0.29) is 0 Å². The first kappa shape index (κ1) is 15.4. The minimum Gasteiger partial charge on any atom is -0.352 e. The van der Waals surface area contributed by atoms with Crippen molar-refractivity contribution in [3.05, 3.63) is 42.1 Å². The second-order valence-corrected chi connectivity index (χ2v) is 7.27. The molecule has 1 aliphatic carbocycles. The van der Waals surface area contributed by atoms with Gasteiger partial charge in [0.1, 0.15) is 0 Å². The molecule has 0 atom stereocenters. The van der Waals surface area contributed by atoms with Crippen LogP contribution in [0.5, 0.6) is 0 Å². The van der Waals surface area contributed by atoms with Gasteiger partial charge in [0.15, 0.2) is 5.96 Å². The van der Waals surface area contributed by atoms with Crippen molar-refractivity contribution in [2.24, 2.45) is 10.4 Å². The fraction of sp³-hybridized carbons (Fsp3) is 0.500. The Bertz CT molecular complexity index is 741. The van der Waals surface area contributed by atoms with Crippen LogP contribution in [0.1, 0.15) is 37.7 Å². The number of hydrogen-bond donors (Lipinski definition) is 1. The number of nitrogens with one attached hydrogen (secondary N) is 1. The lowest BCUT2D eigenvalue weighted by atomic mass is 9.86. The first-order valence-corrected chi connectivity index (χ1v) is 9.08. The molecule has 1 spiro atoms. The molecule has 0 unspecified atom stereocenters. The molecular formula is C20H26N4. The summed E-state index contributed by atoms with van der Waals surface area (Å²) < 4.78 is 0. The predicted octanol–water partition coefficient (Wildman–Crippen LogP) is 3.58. The highest BCUT2D eigenvalue weighted by atomic mass is 15.3. The maximum atomic E-state index is 4.55. The van der Waals surface area contributed by atoms with Crippen molar-refractivity contribution in [2.45, 2.75) is 38.6 Å². The summed E-state index contributed by atoms with van der Waals surface area (Å²) in [6.45, 7) is 3.07. The monoisotopic (exact) mass is 322 g/mol. The minimum absolute atomic E-state index is 0.568. The van der Waals surface area contributed by atoms with Crippen LogP contribution in [0.3, 0.4) is 0 Å². The fourth-order valence-electron chi connectivity index (χ4n) is 4.47. The number of fused-ring (bicyclic) bond motifs is 1. The molecule has 126 valence electrons. The largest absolute Gasteiger partial charge is 0.352 e. The van der Waals surface area contributed by atoms with E-state index in [0.29, 0.717) is 5.41 Å². The van der Waals surface area contributed by atoms with Crippen LogP contribution < -0.4 is 5.32 Å². The van der Waals surface area contributed by atoms with Gasteiger partial charge in [-0.25, -0.2) is 0 Å². The van der Waals surface area contributed by atoms with E-state index in [1.165, 1.54) is 49.6 Å². The summed E-state index contributed by atoms with van der Waals surface area (Å²) in [6, 6.07) is 10.5. The Labute approximate surface area is 144 Å². The van der Waals surface area contributed by atoms with Gasteiger partial charge in [-0.2, -0.15) is 0 Å². The van der Waals surface area contributed by atoms with Crippen LogP contribution in [0.4, 0.5) is 0 Å². The highest BCUT2D eigenvalue weighted by molar-refractivity contribution is 5.83. The number of guanidine groups is 1. The molecule has 2 heterocycles. The first-order chi connectivity index (χ1) is 11.8. The van der Waals surface area contributed by atoms with Crippen molar-refractivity contribution in [1.82, 2.24) is 15.2 Å². The lowest BCUT2D eigenvalue weighted by molar-refractivity contribution is 0.309. The molecule has 4 heteroatoms. The van der Waals surface area contributed by atoms with E-state index >= 15 is 0 Å². The van der Waals surface area contributed by atoms with Crippen LogP contribution in [0.25, 0.3) is 10.9 Å². The molecule has 2 fully saturated rings. The van der Waals surface area contributed by atoms with Gasteiger partial charge in [-0.1, -0.05) is 37.1 Å². The molecule has 1 aromatic carbocycles. The molecule has 1 saturated carbocycles.